The zero-order valence-corrected chi connectivity index (χ0v) is 33.9. The van der Waals surface area contributed by atoms with Crippen molar-refractivity contribution in [2.24, 2.45) is 0 Å². The van der Waals surface area contributed by atoms with Gasteiger partial charge in [-0.15, -0.1) is 0 Å². The van der Waals surface area contributed by atoms with Gasteiger partial charge in [-0.05, 0) is 95.5 Å². The van der Waals surface area contributed by atoms with E-state index in [-0.39, 0.29) is 0 Å². The molecule has 3 nitrogen and oxygen atoms in total. The van der Waals surface area contributed by atoms with Crippen LogP contribution in [0.1, 0.15) is 89.7 Å². The van der Waals surface area contributed by atoms with Crippen molar-refractivity contribution < 1.29 is 26.6 Å². The highest BCUT2D eigenvalue weighted by Crippen LogP contribution is 2.40. The third kappa shape index (κ3) is 9.01. The highest BCUT2D eigenvalue weighted by molar-refractivity contribution is 6.50. The molecule has 0 spiro atoms. The summed E-state index contributed by atoms with van der Waals surface area (Å²) in [5.74, 6) is 0.950. The number of hydrogen-bond acceptors (Lipinski definition) is 1. The molecule has 5 aromatic carbocycles. The first kappa shape index (κ1) is 40.8. The van der Waals surface area contributed by atoms with Crippen molar-refractivity contribution in [1.82, 2.24) is 4.57 Å². The molecule has 0 saturated heterocycles. The van der Waals surface area contributed by atoms with E-state index in [9.17, 15) is 17.3 Å². The van der Waals surface area contributed by atoms with Gasteiger partial charge in [0.15, 0.2) is 0 Å². The van der Waals surface area contributed by atoms with E-state index in [2.05, 4.69) is 151 Å². The first-order chi connectivity index (χ1) is 28.2. The fraction of sp³-hybridized carbons (Fsp3) is 0.300. The lowest BCUT2D eigenvalue weighted by molar-refractivity contribution is -0.436. The number of unbranched alkanes of at least 4 members (excludes halogenated alkanes) is 3. The van der Waals surface area contributed by atoms with Crippen LogP contribution in [0.4, 0.5) is 23.0 Å². The second kappa shape index (κ2) is 18.5. The summed E-state index contributed by atoms with van der Waals surface area (Å²) in [5.41, 5.74) is 10.8. The van der Waals surface area contributed by atoms with Crippen molar-refractivity contribution in [2.45, 2.75) is 85.1 Å². The molecule has 0 radical (unpaired) electrons. The van der Waals surface area contributed by atoms with Crippen LogP contribution in [0.2, 0.25) is 0 Å². The van der Waals surface area contributed by atoms with E-state index in [4.69, 9.17) is 4.74 Å². The Balaban J connectivity index is 0.000000966. The molecule has 8 heteroatoms. The normalized spacial score (nSPS) is 15.5. The number of aryl methyl sites for hydroxylation is 1. The Morgan fingerprint density at radius 2 is 1.38 bits per heavy atom. The Kier molecular flexibility index (Phi) is 13.0. The first-order valence-electron chi connectivity index (χ1n) is 21.1. The van der Waals surface area contributed by atoms with Gasteiger partial charge in [0.2, 0.25) is 11.4 Å². The highest BCUT2D eigenvalue weighted by Gasteiger charge is 2.30. The van der Waals surface area contributed by atoms with Gasteiger partial charge in [-0.2, -0.15) is 4.58 Å². The molecule has 1 aliphatic heterocycles. The molecule has 58 heavy (non-hydrogen) atoms. The molecule has 8 rings (SSSR count). The zero-order valence-electron chi connectivity index (χ0n) is 33.9. The summed E-state index contributed by atoms with van der Waals surface area (Å²) in [4.78, 5) is 0. The third-order valence-corrected chi connectivity index (χ3v) is 11.3. The average Bonchev–Trinajstić information content (AvgIpc) is 3.70. The van der Waals surface area contributed by atoms with E-state index in [1.54, 1.807) is 0 Å². The third-order valence-electron chi connectivity index (χ3n) is 11.3. The summed E-state index contributed by atoms with van der Waals surface area (Å²) in [6, 6.07) is 36.0. The molecule has 0 N–H and O–H groups in total. The summed E-state index contributed by atoms with van der Waals surface area (Å²) in [6.07, 6.45) is 19.9. The number of benzene rings is 5. The number of rotatable bonds is 14. The van der Waals surface area contributed by atoms with Gasteiger partial charge in [-0.3, -0.25) is 0 Å². The minimum atomic E-state index is -6.00. The second-order valence-electron chi connectivity index (χ2n) is 15.3. The zero-order chi connectivity index (χ0) is 40.6. The SMILES string of the molecule is CCCCOc1ccc(C2=C(/C=C/C3=[N+](CCCC)c4cccc5cccc3c45)CCC/C2=C\C=c2c3cccc4cccc(c43)n2CCCC)cc1.F[B-](F)(F)F. The first-order valence-corrected chi connectivity index (χ1v) is 21.1. The molecule has 0 bridgehead atoms. The van der Waals surface area contributed by atoms with E-state index in [0.29, 0.717) is 0 Å². The fourth-order valence-corrected chi connectivity index (χ4v) is 8.58. The molecular weight excluding hydrogens is 731 g/mol. The van der Waals surface area contributed by atoms with Crippen molar-refractivity contribution in [2.75, 3.05) is 13.2 Å². The molecule has 2 heterocycles. The van der Waals surface area contributed by atoms with Gasteiger partial charge < -0.3 is 26.6 Å². The molecule has 0 amide bonds. The topological polar surface area (TPSA) is 17.2 Å². The van der Waals surface area contributed by atoms with E-state index in [0.717, 1.165) is 70.4 Å². The predicted molar refractivity (Wildman–Crippen MR) is 237 cm³/mol. The number of allylic oxidation sites excluding steroid dienone is 6. The van der Waals surface area contributed by atoms with Gasteiger partial charge in [0.25, 0.3) is 0 Å². The molecule has 2 aliphatic rings. The van der Waals surface area contributed by atoms with Crippen LogP contribution in [0.5, 0.6) is 5.75 Å². The molecule has 1 aromatic heterocycles. The molecule has 1 aliphatic carbocycles. The van der Waals surface area contributed by atoms with E-state index < -0.39 is 7.25 Å². The predicted octanol–water partition coefficient (Wildman–Crippen LogP) is 13.8. The highest BCUT2D eigenvalue weighted by atomic mass is 19.5. The van der Waals surface area contributed by atoms with E-state index in [1.807, 2.05) is 0 Å². The smallest absolute Gasteiger partial charge is 0.494 e. The maximum absolute atomic E-state index is 9.75. The molecule has 0 unspecified atom stereocenters. The van der Waals surface area contributed by atoms with Gasteiger partial charge in [-0.1, -0.05) is 119 Å². The van der Waals surface area contributed by atoms with Crippen molar-refractivity contribution >= 4 is 62.8 Å². The van der Waals surface area contributed by atoms with Crippen LogP contribution in [0.15, 0.2) is 126 Å². The van der Waals surface area contributed by atoms with E-state index >= 15 is 0 Å². The minimum Gasteiger partial charge on any atom is -0.494 e. The molecule has 6 aromatic rings. The van der Waals surface area contributed by atoms with Crippen LogP contribution in [0, 0.1) is 0 Å². The lowest BCUT2D eigenvalue weighted by Crippen LogP contribution is -2.16. The van der Waals surface area contributed by atoms with Crippen molar-refractivity contribution in [3.05, 3.63) is 143 Å². The van der Waals surface area contributed by atoms with Gasteiger partial charge >= 0.3 is 7.25 Å². The summed E-state index contributed by atoms with van der Waals surface area (Å²) < 4.78 is 50.2. The largest absolute Gasteiger partial charge is 0.673 e. The van der Waals surface area contributed by atoms with Crippen molar-refractivity contribution in [3.8, 4) is 5.75 Å². The fourth-order valence-electron chi connectivity index (χ4n) is 8.58. The van der Waals surface area contributed by atoms with Gasteiger partial charge in [0.1, 0.15) is 12.3 Å². The van der Waals surface area contributed by atoms with Crippen molar-refractivity contribution in [1.29, 1.82) is 0 Å². The van der Waals surface area contributed by atoms with Crippen LogP contribution in [0.25, 0.3) is 44.1 Å². The Morgan fingerprint density at radius 3 is 2.10 bits per heavy atom. The minimum absolute atomic E-state index is 0.761. The summed E-state index contributed by atoms with van der Waals surface area (Å²) >= 11 is 0. The molecule has 0 atom stereocenters. The molecule has 300 valence electrons. The molecular formula is C50H53BF4N2O. The molecule has 0 fully saturated rings. The lowest BCUT2D eigenvalue weighted by Gasteiger charge is -2.22. The van der Waals surface area contributed by atoms with Crippen LogP contribution in [-0.4, -0.2) is 35.3 Å². The van der Waals surface area contributed by atoms with Crippen LogP contribution in [-0.2, 0) is 6.54 Å². The number of aromatic nitrogens is 1. The number of ether oxygens (including phenoxy) is 1. The Bertz CT molecular complexity index is 2560. The monoisotopic (exact) mass is 784 g/mol. The summed E-state index contributed by atoms with van der Waals surface area (Å²) in [7, 11) is -6.00. The van der Waals surface area contributed by atoms with Crippen LogP contribution >= 0.6 is 0 Å². The van der Waals surface area contributed by atoms with Gasteiger partial charge in [0, 0.05) is 46.7 Å². The Labute approximate surface area is 339 Å². The lowest BCUT2D eigenvalue weighted by atomic mass is 9.82. The Hall–Kier alpha value is -5.37. The second-order valence-corrected chi connectivity index (χ2v) is 15.3. The van der Waals surface area contributed by atoms with Gasteiger partial charge in [0.05, 0.1) is 17.6 Å². The van der Waals surface area contributed by atoms with Crippen molar-refractivity contribution in [3.63, 3.8) is 0 Å². The number of hydrogen-bond donors (Lipinski definition) is 0. The summed E-state index contributed by atoms with van der Waals surface area (Å²) in [5, 5.41) is 8.07. The number of nitrogens with zero attached hydrogens (tertiary/aromatic N) is 2. The van der Waals surface area contributed by atoms with Crippen LogP contribution in [0.3, 0.4) is 0 Å². The van der Waals surface area contributed by atoms with Crippen LogP contribution < -0.4 is 10.1 Å². The Morgan fingerprint density at radius 1 is 0.707 bits per heavy atom. The number of halogens is 4. The molecule has 0 saturated carbocycles. The standard InChI is InChI=1S/C50H53N2O.BF4/c1-4-7-33-51-44(42-21-11-17-36-19-13-23-46(51)49(36)42)31-27-38-15-10-16-39(48(38)40-25-29-41(30-26-40)53-35-9-6-3)28-32-45-43-22-12-18-37-20-14-24-47(50(37)43)52(45)34-8-5-2;2-1(3,4)5/h11-14,17-32H,4-10,15-16,33-35H2,1-3H3;/q+1;-1. The summed E-state index contributed by atoms with van der Waals surface area (Å²) in [6.45, 7) is 9.59. The quantitative estimate of drug-likeness (QED) is 0.0465. The maximum atomic E-state index is 9.75. The van der Waals surface area contributed by atoms with Gasteiger partial charge in [-0.25, -0.2) is 0 Å². The average molecular weight is 785 g/mol. The maximum Gasteiger partial charge on any atom is 0.673 e. The van der Waals surface area contributed by atoms with E-state index in [1.165, 1.54) is 89.9 Å².